The molecule has 1 aromatic carbocycles. The van der Waals surface area contributed by atoms with Gasteiger partial charge >= 0.3 is 5.97 Å². The fourth-order valence-electron chi connectivity index (χ4n) is 1.24. The Morgan fingerprint density at radius 1 is 1.46 bits per heavy atom. The van der Waals surface area contributed by atoms with E-state index >= 15 is 0 Å². The summed E-state index contributed by atoms with van der Waals surface area (Å²) < 4.78 is 9.52. The standard InChI is InChI=1S/C9H8O4/c1-12-9(11)8(10)6-4-2-3-5-7(6)13-9/h2-5,11H,1H3. The monoisotopic (exact) mass is 180 g/mol. The molecule has 0 aliphatic carbocycles. The Labute approximate surface area is 74.7 Å². The van der Waals surface area contributed by atoms with Crippen molar-refractivity contribution in [3.8, 4) is 5.75 Å². The third kappa shape index (κ3) is 1.03. The Hall–Kier alpha value is -1.39. The molecule has 1 atom stereocenters. The summed E-state index contributed by atoms with van der Waals surface area (Å²) in [5.74, 6) is -2.36. The summed E-state index contributed by atoms with van der Waals surface area (Å²) in [6.45, 7) is 0. The van der Waals surface area contributed by atoms with E-state index in [0.29, 0.717) is 11.3 Å². The van der Waals surface area contributed by atoms with Gasteiger partial charge in [-0.05, 0) is 12.1 Å². The maximum Gasteiger partial charge on any atom is 0.393 e. The molecule has 1 aromatic rings. The molecular weight excluding hydrogens is 172 g/mol. The van der Waals surface area contributed by atoms with Gasteiger partial charge in [0.15, 0.2) is 0 Å². The molecule has 0 spiro atoms. The van der Waals surface area contributed by atoms with E-state index in [0.717, 1.165) is 0 Å². The van der Waals surface area contributed by atoms with Gasteiger partial charge in [-0.3, -0.25) is 4.79 Å². The van der Waals surface area contributed by atoms with Gasteiger partial charge in [0.25, 0.3) is 5.78 Å². The Bertz CT molecular complexity index is 360. The molecule has 0 bridgehead atoms. The topological polar surface area (TPSA) is 55.8 Å². The number of Topliss-reactive ketones (excluding diaryl/α,β-unsaturated/α-hetero) is 1. The van der Waals surface area contributed by atoms with Crippen LogP contribution in [0.4, 0.5) is 0 Å². The van der Waals surface area contributed by atoms with Crippen LogP contribution in [-0.2, 0) is 4.74 Å². The van der Waals surface area contributed by atoms with Crippen molar-refractivity contribution in [1.82, 2.24) is 0 Å². The molecule has 1 N–H and O–H groups in total. The summed E-state index contributed by atoms with van der Waals surface area (Å²) in [6, 6.07) is 6.59. The summed E-state index contributed by atoms with van der Waals surface area (Å²) in [6.07, 6.45) is 0. The summed E-state index contributed by atoms with van der Waals surface area (Å²) in [5, 5.41) is 9.50. The van der Waals surface area contributed by atoms with Crippen LogP contribution in [0.15, 0.2) is 24.3 Å². The number of rotatable bonds is 1. The van der Waals surface area contributed by atoms with Gasteiger partial charge in [0.2, 0.25) is 0 Å². The van der Waals surface area contributed by atoms with Gasteiger partial charge in [0, 0.05) is 7.11 Å². The third-order valence-electron chi connectivity index (χ3n) is 1.94. The van der Waals surface area contributed by atoms with Crippen molar-refractivity contribution in [1.29, 1.82) is 0 Å². The van der Waals surface area contributed by atoms with Gasteiger partial charge in [-0.1, -0.05) is 12.1 Å². The second-order valence-corrected chi connectivity index (χ2v) is 2.71. The fraction of sp³-hybridized carbons (Fsp3) is 0.222. The lowest BCUT2D eigenvalue weighted by Crippen LogP contribution is -2.41. The molecule has 2 rings (SSSR count). The molecule has 1 unspecified atom stereocenters. The highest BCUT2D eigenvalue weighted by atomic mass is 16.8. The maximum atomic E-state index is 11.4. The molecule has 0 radical (unpaired) electrons. The highest BCUT2D eigenvalue weighted by Crippen LogP contribution is 2.33. The fourth-order valence-corrected chi connectivity index (χ4v) is 1.24. The number of methoxy groups -OCH3 is 1. The van der Waals surface area contributed by atoms with Gasteiger partial charge in [-0.25, -0.2) is 0 Å². The first kappa shape index (κ1) is 8.22. The Kier molecular flexibility index (Phi) is 1.61. The zero-order chi connectivity index (χ0) is 9.47. The minimum atomic E-state index is -2.14. The van der Waals surface area contributed by atoms with E-state index < -0.39 is 11.8 Å². The van der Waals surface area contributed by atoms with Gasteiger partial charge in [0.05, 0.1) is 5.56 Å². The van der Waals surface area contributed by atoms with Crippen molar-refractivity contribution in [2.24, 2.45) is 0 Å². The Balaban J connectivity index is 2.50. The molecular formula is C9H8O4. The minimum absolute atomic E-state index is 0.340. The summed E-state index contributed by atoms with van der Waals surface area (Å²) in [7, 11) is 1.21. The van der Waals surface area contributed by atoms with Crippen LogP contribution in [0.5, 0.6) is 5.75 Å². The second kappa shape index (κ2) is 2.55. The highest BCUT2D eigenvalue weighted by molar-refractivity contribution is 6.05. The molecule has 0 saturated heterocycles. The number of carbonyl (C=O) groups excluding carboxylic acids is 1. The van der Waals surface area contributed by atoms with Crippen molar-refractivity contribution >= 4 is 5.78 Å². The molecule has 0 saturated carbocycles. The van der Waals surface area contributed by atoms with E-state index in [1.54, 1.807) is 24.3 Å². The van der Waals surface area contributed by atoms with Crippen molar-refractivity contribution in [3.63, 3.8) is 0 Å². The quantitative estimate of drug-likeness (QED) is 0.641. The molecule has 4 nitrogen and oxygen atoms in total. The van der Waals surface area contributed by atoms with E-state index in [9.17, 15) is 9.90 Å². The number of benzene rings is 1. The summed E-state index contributed by atoms with van der Waals surface area (Å²) in [4.78, 5) is 11.4. The molecule has 4 heteroatoms. The van der Waals surface area contributed by atoms with Crippen molar-refractivity contribution < 1.29 is 19.4 Å². The van der Waals surface area contributed by atoms with Crippen LogP contribution < -0.4 is 4.74 Å². The van der Waals surface area contributed by atoms with Crippen LogP contribution in [0, 0.1) is 0 Å². The number of hydrogen-bond acceptors (Lipinski definition) is 4. The number of fused-ring (bicyclic) bond motifs is 1. The first-order chi connectivity index (χ1) is 6.17. The van der Waals surface area contributed by atoms with Crippen molar-refractivity contribution in [2.75, 3.05) is 7.11 Å². The Morgan fingerprint density at radius 3 is 2.77 bits per heavy atom. The number of para-hydroxylation sites is 1. The minimum Gasteiger partial charge on any atom is -0.432 e. The largest absolute Gasteiger partial charge is 0.432 e. The van der Waals surface area contributed by atoms with Crippen molar-refractivity contribution in [3.05, 3.63) is 29.8 Å². The molecule has 0 aromatic heterocycles. The maximum absolute atomic E-state index is 11.4. The van der Waals surface area contributed by atoms with Crippen LogP contribution in [0.25, 0.3) is 0 Å². The number of aliphatic hydroxyl groups is 1. The lowest BCUT2D eigenvalue weighted by atomic mass is 10.1. The molecule has 13 heavy (non-hydrogen) atoms. The number of hydrogen-bond donors (Lipinski definition) is 1. The lowest BCUT2D eigenvalue weighted by molar-refractivity contribution is -0.259. The average Bonchev–Trinajstić information content (AvgIpc) is 2.41. The normalized spacial score (nSPS) is 25.5. The summed E-state index contributed by atoms with van der Waals surface area (Å²) in [5.41, 5.74) is 0.340. The predicted octanol–water partition coefficient (Wildman–Crippen LogP) is 0.554. The summed E-state index contributed by atoms with van der Waals surface area (Å²) >= 11 is 0. The average molecular weight is 180 g/mol. The van der Waals surface area contributed by atoms with Gasteiger partial charge in [-0.2, -0.15) is 0 Å². The van der Waals surface area contributed by atoms with Crippen LogP contribution >= 0.6 is 0 Å². The smallest absolute Gasteiger partial charge is 0.393 e. The van der Waals surface area contributed by atoms with Crippen LogP contribution in [0.2, 0.25) is 0 Å². The van der Waals surface area contributed by atoms with Crippen LogP contribution in [0.3, 0.4) is 0 Å². The second-order valence-electron chi connectivity index (χ2n) is 2.71. The zero-order valence-corrected chi connectivity index (χ0v) is 6.98. The van der Waals surface area contributed by atoms with E-state index in [-0.39, 0.29) is 0 Å². The van der Waals surface area contributed by atoms with E-state index in [1.165, 1.54) is 7.11 Å². The number of ether oxygens (including phenoxy) is 2. The van der Waals surface area contributed by atoms with Gasteiger partial charge < -0.3 is 14.6 Å². The van der Waals surface area contributed by atoms with E-state index in [1.807, 2.05) is 0 Å². The highest BCUT2D eigenvalue weighted by Gasteiger charge is 2.47. The first-order valence-corrected chi connectivity index (χ1v) is 3.78. The van der Waals surface area contributed by atoms with Crippen LogP contribution in [-0.4, -0.2) is 24.0 Å². The molecule has 1 heterocycles. The van der Waals surface area contributed by atoms with Gasteiger partial charge in [-0.15, -0.1) is 0 Å². The lowest BCUT2D eigenvalue weighted by Gasteiger charge is -2.16. The van der Waals surface area contributed by atoms with Crippen LogP contribution in [0.1, 0.15) is 10.4 Å². The molecule has 0 amide bonds. The Morgan fingerprint density at radius 2 is 2.15 bits per heavy atom. The van der Waals surface area contributed by atoms with Crippen molar-refractivity contribution in [2.45, 2.75) is 5.97 Å². The third-order valence-corrected chi connectivity index (χ3v) is 1.94. The zero-order valence-electron chi connectivity index (χ0n) is 6.98. The molecule has 1 aliphatic rings. The van der Waals surface area contributed by atoms with E-state index in [4.69, 9.17) is 4.74 Å². The molecule has 1 aliphatic heterocycles. The van der Waals surface area contributed by atoms with Gasteiger partial charge in [0.1, 0.15) is 5.75 Å². The first-order valence-electron chi connectivity index (χ1n) is 3.78. The van der Waals surface area contributed by atoms with E-state index in [2.05, 4.69) is 4.74 Å². The molecule has 0 fully saturated rings. The number of ketones is 1. The predicted molar refractivity (Wildman–Crippen MR) is 43.4 cm³/mol. The number of carbonyl (C=O) groups is 1. The molecule has 68 valence electrons. The SMILES string of the molecule is COC1(O)Oc2ccccc2C1=O.